The molecule has 0 saturated heterocycles. The van der Waals surface area contributed by atoms with Gasteiger partial charge >= 0.3 is 0 Å². The quantitative estimate of drug-likeness (QED) is 0.692. The molecule has 0 unspecified atom stereocenters. The van der Waals surface area contributed by atoms with E-state index < -0.39 is 5.60 Å². The molecule has 29 heavy (non-hydrogen) atoms. The van der Waals surface area contributed by atoms with Gasteiger partial charge in [-0.05, 0) is 56.3 Å². The molecule has 8 heteroatoms. The normalized spacial score (nSPS) is 32.6. The van der Waals surface area contributed by atoms with Gasteiger partial charge in [0.05, 0.1) is 23.6 Å². The molecule has 2 heterocycles. The zero-order valence-corrected chi connectivity index (χ0v) is 16.8. The minimum atomic E-state index is -0.482. The van der Waals surface area contributed by atoms with E-state index in [2.05, 4.69) is 15.5 Å². The maximum absolute atomic E-state index is 12.9. The molecule has 6 rings (SSSR count). The van der Waals surface area contributed by atoms with Crippen LogP contribution in [0.4, 0.5) is 0 Å². The molecule has 0 radical (unpaired) electrons. The monoisotopic (exact) mass is 399 g/mol. The molecule has 4 saturated carbocycles. The largest absolute Gasteiger partial charge is 0.390 e. The summed E-state index contributed by atoms with van der Waals surface area (Å²) in [6.07, 6.45) is 10.8. The van der Waals surface area contributed by atoms with Gasteiger partial charge in [0.2, 0.25) is 0 Å². The fourth-order valence-corrected chi connectivity index (χ4v) is 6.07. The number of nitrogens with one attached hydrogen (secondary N) is 1. The molecule has 4 aliphatic carbocycles. The van der Waals surface area contributed by atoms with Crippen molar-refractivity contribution in [2.75, 3.05) is 13.7 Å². The SMILES string of the molecule is COCCCn1nccc1-n1cc(C(=O)NC2[C@H]3CC4C[C@H]2CC(O)(C4)C3)cn1. The summed E-state index contributed by atoms with van der Waals surface area (Å²) in [6.45, 7) is 1.40. The van der Waals surface area contributed by atoms with E-state index in [1.165, 1.54) is 0 Å². The molecule has 2 N–H and O–H groups in total. The number of carbonyl (C=O) groups excluding carboxylic acids is 1. The summed E-state index contributed by atoms with van der Waals surface area (Å²) in [5, 5.41) is 22.7. The number of aliphatic hydroxyl groups is 1. The molecule has 156 valence electrons. The van der Waals surface area contributed by atoms with Crippen molar-refractivity contribution < 1.29 is 14.6 Å². The van der Waals surface area contributed by atoms with Crippen molar-refractivity contribution in [1.29, 1.82) is 0 Å². The second-order valence-electron chi connectivity index (χ2n) is 9.13. The van der Waals surface area contributed by atoms with Crippen molar-refractivity contribution in [3.05, 3.63) is 30.2 Å². The Labute approximate surface area is 170 Å². The Morgan fingerprint density at radius 1 is 1.31 bits per heavy atom. The van der Waals surface area contributed by atoms with Crippen LogP contribution < -0.4 is 5.32 Å². The van der Waals surface area contributed by atoms with E-state index in [1.54, 1.807) is 30.4 Å². The highest BCUT2D eigenvalue weighted by Gasteiger charge is 2.55. The molecule has 0 aliphatic heterocycles. The predicted molar refractivity (Wildman–Crippen MR) is 106 cm³/mol. The number of nitrogens with zero attached hydrogens (tertiary/aromatic N) is 4. The summed E-state index contributed by atoms with van der Waals surface area (Å²) in [6, 6.07) is 2.06. The lowest BCUT2D eigenvalue weighted by Crippen LogP contribution is -2.61. The van der Waals surface area contributed by atoms with Crippen LogP contribution in [0.5, 0.6) is 0 Å². The molecule has 0 spiro atoms. The number of amides is 1. The molecule has 4 fully saturated rings. The second-order valence-corrected chi connectivity index (χ2v) is 9.13. The minimum absolute atomic E-state index is 0.0776. The first kappa shape index (κ1) is 18.8. The van der Waals surface area contributed by atoms with E-state index in [0.29, 0.717) is 29.9 Å². The van der Waals surface area contributed by atoms with Crippen LogP contribution in [0.25, 0.3) is 5.82 Å². The van der Waals surface area contributed by atoms with Gasteiger partial charge in [0, 0.05) is 38.6 Å². The predicted octanol–water partition coefficient (Wildman–Crippen LogP) is 1.77. The van der Waals surface area contributed by atoms with Gasteiger partial charge in [-0.25, -0.2) is 9.36 Å². The fourth-order valence-electron chi connectivity index (χ4n) is 6.07. The van der Waals surface area contributed by atoms with Crippen LogP contribution in [0.3, 0.4) is 0 Å². The molecule has 4 bridgehead atoms. The molecule has 1 amide bonds. The van der Waals surface area contributed by atoms with Crippen LogP contribution in [-0.2, 0) is 11.3 Å². The zero-order chi connectivity index (χ0) is 20.0. The third kappa shape index (κ3) is 3.48. The van der Waals surface area contributed by atoms with E-state index in [9.17, 15) is 9.90 Å². The lowest BCUT2D eigenvalue weighted by atomic mass is 9.52. The van der Waals surface area contributed by atoms with Gasteiger partial charge < -0.3 is 15.2 Å². The third-order valence-electron chi connectivity index (χ3n) is 7.03. The summed E-state index contributed by atoms with van der Waals surface area (Å²) in [5.74, 6) is 2.18. The molecule has 4 aliphatic rings. The summed E-state index contributed by atoms with van der Waals surface area (Å²) in [5.41, 5.74) is 0.0752. The Morgan fingerprint density at radius 3 is 2.83 bits per heavy atom. The Balaban J connectivity index is 1.27. The fraction of sp³-hybridized carbons (Fsp3) is 0.667. The van der Waals surface area contributed by atoms with Crippen LogP contribution in [0.1, 0.15) is 48.9 Å². The highest BCUT2D eigenvalue weighted by molar-refractivity contribution is 5.94. The summed E-state index contributed by atoms with van der Waals surface area (Å²) >= 11 is 0. The summed E-state index contributed by atoms with van der Waals surface area (Å²) in [4.78, 5) is 12.9. The summed E-state index contributed by atoms with van der Waals surface area (Å²) < 4.78 is 8.68. The number of carbonyl (C=O) groups is 1. The van der Waals surface area contributed by atoms with Crippen LogP contribution in [0, 0.1) is 17.8 Å². The van der Waals surface area contributed by atoms with Gasteiger partial charge in [0.25, 0.3) is 5.91 Å². The lowest BCUT2D eigenvalue weighted by Gasteiger charge is -2.58. The van der Waals surface area contributed by atoms with E-state index >= 15 is 0 Å². The molecule has 2 atom stereocenters. The van der Waals surface area contributed by atoms with Crippen molar-refractivity contribution in [2.24, 2.45) is 17.8 Å². The standard InChI is InChI=1S/C21H29N5O3/c1-29-6-2-5-25-18(3-4-22-25)26-13-17(12-23-26)20(27)24-19-15-7-14-8-16(19)11-21(28,9-14)10-15/h3-4,12-16,19,28H,2,5-11H2,1H3,(H,24,27)/t14?,15-,16-,19?,21?/m0/s1. The number of methoxy groups -OCH3 is 1. The minimum Gasteiger partial charge on any atom is -0.390 e. The molecular formula is C21H29N5O3. The highest BCUT2D eigenvalue weighted by Crippen LogP contribution is 2.55. The van der Waals surface area contributed by atoms with E-state index in [-0.39, 0.29) is 11.9 Å². The first-order valence-electron chi connectivity index (χ1n) is 10.6. The number of aryl methyl sites for hydroxylation is 1. The third-order valence-corrected chi connectivity index (χ3v) is 7.03. The Hall–Kier alpha value is -2.19. The zero-order valence-electron chi connectivity index (χ0n) is 16.8. The summed E-state index contributed by atoms with van der Waals surface area (Å²) in [7, 11) is 1.69. The molecule has 0 aromatic carbocycles. The number of aromatic nitrogens is 4. The van der Waals surface area contributed by atoms with Crippen molar-refractivity contribution in [3.8, 4) is 5.82 Å². The van der Waals surface area contributed by atoms with Crippen LogP contribution in [-0.4, -0.2) is 55.9 Å². The van der Waals surface area contributed by atoms with Gasteiger partial charge in [-0.3, -0.25) is 4.79 Å². The van der Waals surface area contributed by atoms with Gasteiger partial charge in [-0.2, -0.15) is 10.2 Å². The van der Waals surface area contributed by atoms with Crippen molar-refractivity contribution in [1.82, 2.24) is 24.9 Å². The Bertz CT molecular complexity index is 875. The highest BCUT2D eigenvalue weighted by atomic mass is 16.5. The van der Waals surface area contributed by atoms with E-state index in [1.807, 2.05) is 10.7 Å². The lowest BCUT2D eigenvalue weighted by molar-refractivity contribution is -0.136. The first-order chi connectivity index (χ1) is 14.0. The van der Waals surface area contributed by atoms with Crippen LogP contribution >= 0.6 is 0 Å². The van der Waals surface area contributed by atoms with E-state index in [4.69, 9.17) is 4.74 Å². The van der Waals surface area contributed by atoms with Crippen LogP contribution in [0.15, 0.2) is 24.7 Å². The molecular weight excluding hydrogens is 370 g/mol. The topological polar surface area (TPSA) is 94.2 Å². The first-order valence-corrected chi connectivity index (χ1v) is 10.6. The average molecular weight is 399 g/mol. The van der Waals surface area contributed by atoms with Gasteiger partial charge in [0.15, 0.2) is 5.82 Å². The number of ether oxygens (including phenoxy) is 1. The van der Waals surface area contributed by atoms with Crippen molar-refractivity contribution in [2.45, 2.75) is 56.7 Å². The Kier molecular flexibility index (Phi) is 4.70. The second kappa shape index (κ2) is 7.25. The Morgan fingerprint density at radius 2 is 2.10 bits per heavy atom. The number of hydrogen-bond acceptors (Lipinski definition) is 5. The molecule has 2 aromatic heterocycles. The van der Waals surface area contributed by atoms with Gasteiger partial charge in [-0.1, -0.05) is 0 Å². The maximum atomic E-state index is 12.9. The molecule has 8 nitrogen and oxygen atoms in total. The van der Waals surface area contributed by atoms with Gasteiger partial charge in [0.1, 0.15) is 0 Å². The van der Waals surface area contributed by atoms with E-state index in [0.717, 1.165) is 50.9 Å². The van der Waals surface area contributed by atoms with Crippen molar-refractivity contribution >= 4 is 5.91 Å². The number of hydrogen-bond donors (Lipinski definition) is 2. The van der Waals surface area contributed by atoms with Crippen molar-refractivity contribution in [3.63, 3.8) is 0 Å². The molecule has 2 aromatic rings. The average Bonchev–Trinajstić information content (AvgIpc) is 3.32. The van der Waals surface area contributed by atoms with Gasteiger partial charge in [-0.15, -0.1) is 0 Å². The smallest absolute Gasteiger partial charge is 0.254 e. The van der Waals surface area contributed by atoms with Crippen LogP contribution in [0.2, 0.25) is 0 Å². The number of rotatable bonds is 7. The maximum Gasteiger partial charge on any atom is 0.254 e.